The monoisotopic (exact) mass is 449 g/mol. The van der Waals surface area contributed by atoms with Crippen LogP contribution in [0.4, 0.5) is 13.2 Å². The second-order valence-electron chi connectivity index (χ2n) is 7.61. The molecule has 0 aromatic heterocycles. The highest BCUT2D eigenvalue weighted by molar-refractivity contribution is 7.90. The van der Waals surface area contributed by atoms with Gasteiger partial charge < -0.3 is 4.74 Å². The molecule has 5 nitrogen and oxygen atoms in total. The molecule has 3 aromatic carbocycles. The first-order valence-corrected chi connectivity index (χ1v) is 10.9. The number of aryl methyl sites for hydroxylation is 1. The largest absolute Gasteiger partial charge is 0.573 e. The first-order valence-electron chi connectivity index (χ1n) is 9.44. The Morgan fingerprint density at radius 2 is 1.77 bits per heavy atom. The van der Waals surface area contributed by atoms with Crippen molar-refractivity contribution in [1.29, 1.82) is 0 Å². The fourth-order valence-electron chi connectivity index (χ4n) is 3.96. The Morgan fingerprint density at radius 1 is 1.06 bits per heavy atom. The van der Waals surface area contributed by atoms with Crippen LogP contribution in [0.25, 0.3) is 10.8 Å². The number of carbonyl (C=O) groups is 1. The molecule has 3 aromatic rings. The van der Waals surface area contributed by atoms with Crippen molar-refractivity contribution in [2.24, 2.45) is 0 Å². The molecule has 0 saturated heterocycles. The average Bonchev–Trinajstić information content (AvgIpc) is 3.03. The van der Waals surface area contributed by atoms with E-state index in [-0.39, 0.29) is 11.3 Å². The molecule has 31 heavy (non-hydrogen) atoms. The Hall–Kier alpha value is -3.07. The lowest BCUT2D eigenvalue weighted by molar-refractivity contribution is -0.274. The zero-order valence-electron chi connectivity index (χ0n) is 16.4. The van der Waals surface area contributed by atoms with Gasteiger partial charge in [-0.3, -0.25) is 4.79 Å². The Morgan fingerprint density at radius 3 is 2.52 bits per heavy atom. The van der Waals surface area contributed by atoms with Crippen molar-refractivity contribution >= 4 is 26.7 Å². The van der Waals surface area contributed by atoms with E-state index in [1.807, 2.05) is 0 Å². The summed E-state index contributed by atoms with van der Waals surface area (Å²) in [5.41, 5.74) is -0.326. The van der Waals surface area contributed by atoms with E-state index in [9.17, 15) is 26.4 Å². The molecule has 0 saturated carbocycles. The summed E-state index contributed by atoms with van der Waals surface area (Å²) in [5, 5.41) is 1.16. The van der Waals surface area contributed by atoms with Gasteiger partial charge in [0.1, 0.15) is 5.75 Å². The summed E-state index contributed by atoms with van der Waals surface area (Å²) in [6.45, 7) is 1.52. The second kappa shape index (κ2) is 7.26. The SMILES string of the molecule is CC1(C(=O)NS(=O)(=O)c2cccc3ccccc23)CCc2ccc(OC(F)(F)F)cc21. The quantitative estimate of drug-likeness (QED) is 0.639. The summed E-state index contributed by atoms with van der Waals surface area (Å²) in [7, 11) is -4.21. The van der Waals surface area contributed by atoms with Gasteiger partial charge in [0.05, 0.1) is 10.3 Å². The van der Waals surface area contributed by atoms with Crippen molar-refractivity contribution in [3.05, 3.63) is 71.8 Å². The standard InChI is InChI=1S/C22H18F3NO4S/c1-21(12-11-15-9-10-16(13-18(15)21)30-22(23,24)25)20(27)26-31(28,29)19-8-4-6-14-5-2-3-7-17(14)19/h2-10,13H,11-12H2,1H3,(H,26,27). The van der Waals surface area contributed by atoms with Gasteiger partial charge >= 0.3 is 6.36 Å². The summed E-state index contributed by atoms with van der Waals surface area (Å²) in [6, 6.07) is 15.4. The van der Waals surface area contributed by atoms with Crippen molar-refractivity contribution in [3.8, 4) is 5.75 Å². The summed E-state index contributed by atoms with van der Waals surface area (Å²) < 4.78 is 69.9. The molecule has 0 radical (unpaired) electrons. The number of carbonyl (C=O) groups excluding carboxylic acids is 1. The van der Waals surface area contributed by atoms with Crippen LogP contribution in [0.5, 0.6) is 5.75 Å². The number of nitrogens with one attached hydrogen (secondary N) is 1. The highest BCUT2D eigenvalue weighted by atomic mass is 32.2. The van der Waals surface area contributed by atoms with E-state index in [2.05, 4.69) is 9.46 Å². The summed E-state index contributed by atoms with van der Waals surface area (Å²) >= 11 is 0. The molecule has 1 N–H and O–H groups in total. The molecule has 1 aliphatic rings. The number of hydrogen-bond donors (Lipinski definition) is 1. The molecule has 9 heteroatoms. The molecule has 162 valence electrons. The van der Waals surface area contributed by atoms with E-state index >= 15 is 0 Å². The summed E-state index contributed by atoms with van der Waals surface area (Å²) in [6.07, 6.45) is -4.18. The Labute approximate surface area is 176 Å². The molecule has 0 fully saturated rings. The first kappa shape index (κ1) is 21.2. The smallest absolute Gasteiger partial charge is 0.406 e. The number of hydrogen-bond acceptors (Lipinski definition) is 4. The molecule has 1 aliphatic carbocycles. The van der Waals surface area contributed by atoms with Gasteiger partial charge in [0, 0.05) is 5.39 Å². The van der Waals surface area contributed by atoms with Gasteiger partial charge in [-0.1, -0.05) is 42.5 Å². The molecule has 0 bridgehead atoms. The molecule has 1 amide bonds. The van der Waals surface area contributed by atoms with E-state index in [0.29, 0.717) is 28.3 Å². The van der Waals surface area contributed by atoms with Crippen molar-refractivity contribution in [2.45, 2.75) is 36.4 Å². The van der Waals surface area contributed by atoms with Crippen LogP contribution in [-0.4, -0.2) is 20.7 Å². The molecular formula is C22H18F3NO4S. The van der Waals surface area contributed by atoms with Crippen LogP contribution in [0.15, 0.2) is 65.6 Å². The Bertz CT molecular complexity index is 1280. The van der Waals surface area contributed by atoms with Gasteiger partial charge in [0.15, 0.2) is 0 Å². The lowest BCUT2D eigenvalue weighted by atomic mass is 9.83. The zero-order valence-corrected chi connectivity index (χ0v) is 17.2. The molecule has 4 rings (SSSR count). The summed E-state index contributed by atoms with van der Waals surface area (Å²) in [4.78, 5) is 13.1. The zero-order chi connectivity index (χ0) is 22.4. The molecule has 0 spiro atoms. The van der Waals surface area contributed by atoms with Gasteiger partial charge in [-0.2, -0.15) is 0 Å². The number of alkyl halides is 3. The van der Waals surface area contributed by atoms with Crippen LogP contribution < -0.4 is 9.46 Å². The van der Waals surface area contributed by atoms with E-state index in [1.54, 1.807) is 36.4 Å². The topological polar surface area (TPSA) is 72.5 Å². The van der Waals surface area contributed by atoms with Gasteiger partial charge in [-0.15, -0.1) is 13.2 Å². The van der Waals surface area contributed by atoms with Gasteiger partial charge in [-0.05, 0) is 54.5 Å². The van der Waals surface area contributed by atoms with Crippen LogP contribution in [0.3, 0.4) is 0 Å². The number of amides is 1. The highest BCUT2D eigenvalue weighted by Gasteiger charge is 2.43. The molecule has 0 heterocycles. The van der Waals surface area contributed by atoms with Gasteiger partial charge in [0.2, 0.25) is 5.91 Å². The lowest BCUT2D eigenvalue weighted by Gasteiger charge is -2.25. The third kappa shape index (κ3) is 3.97. The number of sulfonamides is 1. The van der Waals surface area contributed by atoms with Crippen LogP contribution in [-0.2, 0) is 26.7 Å². The van der Waals surface area contributed by atoms with E-state index in [4.69, 9.17) is 0 Å². The highest BCUT2D eigenvalue weighted by Crippen LogP contribution is 2.41. The fraction of sp³-hybridized carbons (Fsp3) is 0.227. The normalized spacial score (nSPS) is 18.6. The molecule has 0 aliphatic heterocycles. The number of fused-ring (bicyclic) bond motifs is 2. The van der Waals surface area contributed by atoms with Crippen molar-refractivity contribution in [2.75, 3.05) is 0 Å². The minimum atomic E-state index is -4.87. The number of ether oxygens (including phenoxy) is 1. The summed E-state index contributed by atoms with van der Waals surface area (Å²) in [5.74, 6) is -1.26. The van der Waals surface area contributed by atoms with E-state index in [1.165, 1.54) is 25.1 Å². The van der Waals surface area contributed by atoms with Crippen LogP contribution >= 0.6 is 0 Å². The fourth-order valence-corrected chi connectivity index (χ4v) is 5.27. The van der Waals surface area contributed by atoms with Crippen LogP contribution in [0, 0.1) is 0 Å². The molecular weight excluding hydrogens is 431 g/mol. The average molecular weight is 449 g/mol. The van der Waals surface area contributed by atoms with Crippen molar-refractivity contribution in [3.63, 3.8) is 0 Å². The first-order chi connectivity index (χ1) is 14.5. The minimum absolute atomic E-state index is 0.0464. The van der Waals surface area contributed by atoms with Gasteiger partial charge in [0.25, 0.3) is 10.0 Å². The minimum Gasteiger partial charge on any atom is -0.406 e. The third-order valence-electron chi connectivity index (χ3n) is 5.57. The molecule has 1 atom stereocenters. The third-order valence-corrected chi connectivity index (χ3v) is 6.96. The van der Waals surface area contributed by atoms with Crippen LogP contribution in [0.1, 0.15) is 24.5 Å². The van der Waals surface area contributed by atoms with E-state index < -0.39 is 33.5 Å². The van der Waals surface area contributed by atoms with Crippen LogP contribution in [0.2, 0.25) is 0 Å². The number of rotatable bonds is 4. The number of benzene rings is 3. The predicted octanol–water partition coefficient (Wildman–Crippen LogP) is 4.45. The Kier molecular flexibility index (Phi) is 4.96. The maximum absolute atomic E-state index is 13.1. The Balaban J connectivity index is 1.67. The predicted molar refractivity (Wildman–Crippen MR) is 108 cm³/mol. The van der Waals surface area contributed by atoms with Crippen molar-refractivity contribution < 1.29 is 31.1 Å². The maximum atomic E-state index is 13.1. The maximum Gasteiger partial charge on any atom is 0.573 e. The van der Waals surface area contributed by atoms with E-state index in [0.717, 1.165) is 6.07 Å². The number of halogens is 3. The van der Waals surface area contributed by atoms with Gasteiger partial charge in [-0.25, -0.2) is 13.1 Å². The molecule has 1 unspecified atom stereocenters. The van der Waals surface area contributed by atoms with Crippen molar-refractivity contribution in [1.82, 2.24) is 4.72 Å². The lowest BCUT2D eigenvalue weighted by Crippen LogP contribution is -2.43. The second-order valence-corrected chi connectivity index (χ2v) is 9.26.